The topological polar surface area (TPSA) is 25.8 Å². The van der Waals surface area contributed by atoms with Gasteiger partial charge in [-0.3, -0.25) is 9.97 Å². The summed E-state index contributed by atoms with van der Waals surface area (Å²) in [5, 5.41) is 10.0. The number of rotatable bonds is 5. The Morgan fingerprint density at radius 3 is 1.65 bits per heavy atom. The fourth-order valence-corrected chi connectivity index (χ4v) is 7.54. The Kier molecular flexibility index (Phi) is 6.80. The molecule has 2 aromatic heterocycles. The van der Waals surface area contributed by atoms with Gasteiger partial charge in [0.1, 0.15) is 0 Å². The first kappa shape index (κ1) is 28.1. The molecule has 9 aromatic rings. The van der Waals surface area contributed by atoms with Crippen LogP contribution in [0, 0.1) is 0 Å². The maximum atomic E-state index is 4.57. The van der Waals surface area contributed by atoms with Gasteiger partial charge in [0.2, 0.25) is 0 Å². The van der Waals surface area contributed by atoms with Crippen LogP contribution in [-0.2, 0) is 6.42 Å². The summed E-state index contributed by atoms with van der Waals surface area (Å²) in [5.74, 6) is 0. The smallest absolute Gasteiger partial charge is 0.0352 e. The minimum Gasteiger partial charge on any atom is -0.265 e. The van der Waals surface area contributed by atoms with Crippen molar-refractivity contribution in [3.8, 4) is 44.5 Å². The molecule has 2 heterocycles. The molecular weight excluding hydrogens is 581 g/mol. The average molecular weight is 613 g/mol. The van der Waals surface area contributed by atoms with E-state index in [1.54, 1.807) is 0 Å². The lowest BCUT2D eigenvalue weighted by molar-refractivity contribution is 1.15. The summed E-state index contributed by atoms with van der Waals surface area (Å²) >= 11 is 0. The van der Waals surface area contributed by atoms with E-state index in [0.717, 1.165) is 23.1 Å². The molecule has 48 heavy (non-hydrogen) atoms. The summed E-state index contributed by atoms with van der Waals surface area (Å²) in [7, 11) is 0. The predicted molar refractivity (Wildman–Crippen MR) is 203 cm³/mol. The molecule has 0 aliphatic rings. The second-order valence-corrected chi connectivity index (χ2v) is 12.5. The van der Waals surface area contributed by atoms with Crippen LogP contribution in [0.1, 0.15) is 12.5 Å². The minimum atomic E-state index is 1.04. The van der Waals surface area contributed by atoms with Crippen molar-refractivity contribution in [1.82, 2.24) is 9.97 Å². The quantitative estimate of drug-likeness (QED) is 0.181. The van der Waals surface area contributed by atoms with Crippen LogP contribution in [0.3, 0.4) is 0 Å². The molecule has 0 saturated heterocycles. The summed E-state index contributed by atoms with van der Waals surface area (Å²) in [5.41, 5.74) is 10.9. The highest BCUT2D eigenvalue weighted by molar-refractivity contribution is 6.24. The van der Waals surface area contributed by atoms with Crippen molar-refractivity contribution in [1.29, 1.82) is 0 Å². The summed E-state index contributed by atoms with van der Waals surface area (Å²) in [6, 6.07) is 51.3. The zero-order valence-corrected chi connectivity index (χ0v) is 26.7. The lowest BCUT2D eigenvalue weighted by atomic mass is 9.83. The first-order valence-electron chi connectivity index (χ1n) is 16.6. The first-order valence-corrected chi connectivity index (χ1v) is 16.6. The fourth-order valence-electron chi connectivity index (χ4n) is 7.54. The van der Waals surface area contributed by atoms with Gasteiger partial charge in [-0.15, -0.1) is 0 Å². The zero-order valence-electron chi connectivity index (χ0n) is 26.7. The highest BCUT2D eigenvalue weighted by Gasteiger charge is 2.20. The molecule has 226 valence electrons. The van der Waals surface area contributed by atoms with Gasteiger partial charge in [0.05, 0.1) is 0 Å². The zero-order chi connectivity index (χ0) is 32.0. The summed E-state index contributed by atoms with van der Waals surface area (Å²) < 4.78 is 0. The molecule has 2 heteroatoms. The molecule has 0 saturated carbocycles. The van der Waals surface area contributed by atoms with Crippen LogP contribution in [0.5, 0.6) is 0 Å². The van der Waals surface area contributed by atoms with Gasteiger partial charge in [0.15, 0.2) is 0 Å². The first-order chi connectivity index (χ1) is 23.8. The number of nitrogens with zero attached hydrogens (tertiary/aromatic N) is 2. The lowest BCUT2D eigenvalue weighted by Gasteiger charge is -2.20. The van der Waals surface area contributed by atoms with Crippen molar-refractivity contribution in [2.75, 3.05) is 0 Å². The van der Waals surface area contributed by atoms with Gasteiger partial charge in [-0.1, -0.05) is 122 Å². The maximum absolute atomic E-state index is 4.57. The van der Waals surface area contributed by atoms with Gasteiger partial charge in [-0.05, 0) is 118 Å². The third kappa shape index (κ3) is 4.57. The number of fused-ring (bicyclic) bond motifs is 4. The van der Waals surface area contributed by atoms with E-state index in [1.807, 2.05) is 24.8 Å². The highest BCUT2D eigenvalue weighted by atomic mass is 14.6. The van der Waals surface area contributed by atoms with Gasteiger partial charge in [0, 0.05) is 30.4 Å². The molecule has 0 bridgehead atoms. The second kappa shape index (κ2) is 11.6. The van der Waals surface area contributed by atoms with Crippen molar-refractivity contribution in [2.24, 2.45) is 0 Å². The molecule has 0 atom stereocenters. The van der Waals surface area contributed by atoms with Crippen LogP contribution in [-0.4, -0.2) is 9.97 Å². The number of hydrogen-bond donors (Lipinski definition) is 0. The molecule has 0 amide bonds. The van der Waals surface area contributed by atoms with Gasteiger partial charge in [-0.2, -0.15) is 0 Å². The predicted octanol–water partition coefficient (Wildman–Crippen LogP) is 12.3. The normalized spacial score (nSPS) is 11.5. The molecular formula is C46H32N2. The third-order valence-electron chi connectivity index (χ3n) is 9.83. The molecule has 7 aromatic carbocycles. The monoisotopic (exact) mass is 612 g/mol. The van der Waals surface area contributed by atoms with Gasteiger partial charge in [0.25, 0.3) is 0 Å². The Morgan fingerprint density at radius 1 is 0.396 bits per heavy atom. The molecule has 0 fully saturated rings. The van der Waals surface area contributed by atoms with Crippen LogP contribution in [0.4, 0.5) is 0 Å². The van der Waals surface area contributed by atoms with Gasteiger partial charge in [-0.25, -0.2) is 0 Å². The van der Waals surface area contributed by atoms with Gasteiger partial charge >= 0.3 is 0 Å². The van der Waals surface area contributed by atoms with Crippen LogP contribution in [0.2, 0.25) is 0 Å². The van der Waals surface area contributed by atoms with E-state index in [0.29, 0.717) is 0 Å². The third-order valence-corrected chi connectivity index (χ3v) is 9.83. The lowest BCUT2D eigenvalue weighted by Crippen LogP contribution is -1.93. The van der Waals surface area contributed by atoms with E-state index in [4.69, 9.17) is 0 Å². The van der Waals surface area contributed by atoms with Crippen molar-refractivity contribution < 1.29 is 0 Å². The van der Waals surface area contributed by atoms with Crippen molar-refractivity contribution in [3.05, 3.63) is 170 Å². The Bertz CT molecular complexity index is 2600. The molecule has 0 unspecified atom stereocenters. The highest BCUT2D eigenvalue weighted by Crippen LogP contribution is 2.47. The standard InChI is InChI=1S/C46H32N2/c1-2-30-15-16-33-28-34(18-17-32(33)27-30)45-39-11-5-7-13-41(39)46(42-14-8-6-12-40(42)45)43-20-19-38(36-9-3-4-10-37(36)43)44-29-48-26-23-35(44)31-21-24-47-25-22-31/h3-29H,2H2,1H3. The maximum Gasteiger partial charge on any atom is 0.0352 e. The van der Waals surface area contributed by atoms with E-state index in [1.165, 1.54) is 76.5 Å². The SMILES string of the molecule is CCc1ccc2cc(-c3c4ccccc4c(-c4ccc(-c5cnccc5-c5ccncc5)c5ccccc45)c4ccccc34)ccc2c1. The Balaban J connectivity index is 1.31. The van der Waals surface area contributed by atoms with Gasteiger partial charge < -0.3 is 0 Å². The van der Waals surface area contributed by atoms with E-state index in [2.05, 4.69) is 156 Å². The number of aryl methyl sites for hydroxylation is 1. The van der Waals surface area contributed by atoms with Crippen LogP contribution in [0.25, 0.3) is 87.6 Å². The molecule has 0 N–H and O–H groups in total. The number of aromatic nitrogens is 2. The summed E-state index contributed by atoms with van der Waals surface area (Å²) in [4.78, 5) is 8.81. The second-order valence-electron chi connectivity index (χ2n) is 12.5. The Hall–Kier alpha value is -6.12. The Labute approximate surface area is 280 Å². The molecule has 2 nitrogen and oxygen atoms in total. The van der Waals surface area contributed by atoms with E-state index < -0.39 is 0 Å². The van der Waals surface area contributed by atoms with Crippen molar-refractivity contribution in [3.63, 3.8) is 0 Å². The average Bonchev–Trinajstić information content (AvgIpc) is 3.16. The van der Waals surface area contributed by atoms with E-state index in [-0.39, 0.29) is 0 Å². The van der Waals surface area contributed by atoms with Crippen molar-refractivity contribution in [2.45, 2.75) is 13.3 Å². The van der Waals surface area contributed by atoms with E-state index in [9.17, 15) is 0 Å². The largest absolute Gasteiger partial charge is 0.265 e. The van der Waals surface area contributed by atoms with E-state index >= 15 is 0 Å². The molecule has 0 radical (unpaired) electrons. The number of hydrogen-bond acceptors (Lipinski definition) is 2. The summed E-state index contributed by atoms with van der Waals surface area (Å²) in [6.07, 6.45) is 8.59. The minimum absolute atomic E-state index is 1.04. The van der Waals surface area contributed by atoms with Crippen molar-refractivity contribution >= 4 is 43.1 Å². The molecule has 0 aliphatic carbocycles. The number of pyridine rings is 2. The molecule has 0 spiro atoms. The fraction of sp³-hybridized carbons (Fsp3) is 0.0435. The van der Waals surface area contributed by atoms with Crippen LogP contribution >= 0.6 is 0 Å². The molecule has 0 aliphatic heterocycles. The Morgan fingerprint density at radius 2 is 0.958 bits per heavy atom. The number of benzene rings is 7. The van der Waals surface area contributed by atoms with Crippen LogP contribution < -0.4 is 0 Å². The summed E-state index contributed by atoms with van der Waals surface area (Å²) in [6.45, 7) is 2.21. The van der Waals surface area contributed by atoms with Crippen LogP contribution in [0.15, 0.2) is 164 Å². The molecule has 9 rings (SSSR count).